The lowest BCUT2D eigenvalue weighted by molar-refractivity contribution is 0.298. The molecule has 2 saturated carbocycles. The molecule has 2 aliphatic carbocycles. The zero-order valence-electron chi connectivity index (χ0n) is 10.4. The molecule has 2 nitrogen and oxygen atoms in total. The number of nitrogens with one attached hydrogen (secondary N) is 1. The van der Waals surface area contributed by atoms with Crippen molar-refractivity contribution in [2.24, 2.45) is 5.92 Å². The third kappa shape index (κ3) is 3.29. The zero-order chi connectivity index (χ0) is 11.5. The van der Waals surface area contributed by atoms with Crippen molar-refractivity contribution in [1.82, 2.24) is 10.3 Å². The van der Waals surface area contributed by atoms with Gasteiger partial charge in [0.15, 0.2) is 0 Å². The van der Waals surface area contributed by atoms with Crippen molar-refractivity contribution >= 4 is 11.3 Å². The van der Waals surface area contributed by atoms with Gasteiger partial charge in [0, 0.05) is 17.6 Å². The molecule has 1 heterocycles. The second-order valence-electron chi connectivity index (χ2n) is 5.60. The highest BCUT2D eigenvalue weighted by molar-refractivity contribution is 7.09. The molecule has 1 unspecified atom stereocenters. The predicted molar refractivity (Wildman–Crippen MR) is 72.2 cm³/mol. The molecular weight excluding hydrogens is 228 g/mol. The summed E-state index contributed by atoms with van der Waals surface area (Å²) in [7, 11) is 0. The van der Waals surface area contributed by atoms with Crippen LogP contribution in [0.2, 0.25) is 0 Å². The molecule has 0 aromatic carbocycles. The lowest BCUT2D eigenvalue weighted by atomic mass is 9.85. The molecule has 17 heavy (non-hydrogen) atoms. The van der Waals surface area contributed by atoms with E-state index in [1.807, 2.05) is 17.5 Å². The normalized spacial score (nSPS) is 23.8. The summed E-state index contributed by atoms with van der Waals surface area (Å²) in [6, 6.07) is 1.32. The molecule has 94 valence electrons. The Morgan fingerprint density at radius 1 is 1.24 bits per heavy atom. The van der Waals surface area contributed by atoms with Crippen LogP contribution in [0.5, 0.6) is 0 Å². The molecule has 2 aliphatic rings. The molecule has 3 rings (SSSR count). The lowest BCUT2D eigenvalue weighted by Gasteiger charge is -2.26. The summed E-state index contributed by atoms with van der Waals surface area (Å²) >= 11 is 1.82. The quantitative estimate of drug-likeness (QED) is 0.857. The Bertz CT molecular complexity index is 326. The van der Waals surface area contributed by atoms with Crippen molar-refractivity contribution in [2.75, 3.05) is 0 Å². The van der Waals surface area contributed by atoms with E-state index in [0.29, 0.717) is 6.04 Å². The monoisotopic (exact) mass is 250 g/mol. The molecular formula is C14H22N2S. The Hall–Kier alpha value is -0.410. The fourth-order valence-corrected chi connectivity index (χ4v) is 3.65. The summed E-state index contributed by atoms with van der Waals surface area (Å²) in [6.45, 7) is 0. The van der Waals surface area contributed by atoms with Crippen LogP contribution in [0, 0.1) is 5.92 Å². The van der Waals surface area contributed by atoms with Gasteiger partial charge in [-0.2, -0.15) is 0 Å². The zero-order valence-corrected chi connectivity index (χ0v) is 11.2. The highest BCUT2D eigenvalue weighted by Crippen LogP contribution is 2.34. The van der Waals surface area contributed by atoms with E-state index in [-0.39, 0.29) is 0 Å². The van der Waals surface area contributed by atoms with Gasteiger partial charge in [-0.25, -0.2) is 4.98 Å². The van der Waals surface area contributed by atoms with E-state index in [1.165, 1.54) is 56.4 Å². The van der Waals surface area contributed by atoms with Crippen LogP contribution in [-0.4, -0.2) is 11.0 Å². The Balaban J connectivity index is 1.61. The van der Waals surface area contributed by atoms with E-state index >= 15 is 0 Å². The average molecular weight is 250 g/mol. The molecule has 0 bridgehead atoms. The minimum absolute atomic E-state index is 0.533. The molecule has 0 radical (unpaired) electrons. The molecule has 1 N–H and O–H groups in total. The molecule has 1 atom stereocenters. The van der Waals surface area contributed by atoms with Crippen LogP contribution in [0.4, 0.5) is 0 Å². The standard InChI is InChI=1S/C14H22N2S/c1-2-4-11(5-3-1)10-13(16-12-6-7-12)14-15-8-9-17-14/h8-9,11-13,16H,1-7,10H2. The van der Waals surface area contributed by atoms with Crippen molar-refractivity contribution in [3.8, 4) is 0 Å². The van der Waals surface area contributed by atoms with Crippen molar-refractivity contribution in [1.29, 1.82) is 0 Å². The minimum Gasteiger partial charge on any atom is -0.305 e. The van der Waals surface area contributed by atoms with Crippen molar-refractivity contribution in [3.05, 3.63) is 16.6 Å². The number of aromatic nitrogens is 1. The van der Waals surface area contributed by atoms with Gasteiger partial charge in [-0.1, -0.05) is 32.1 Å². The summed E-state index contributed by atoms with van der Waals surface area (Å²) in [5.41, 5.74) is 0. The summed E-state index contributed by atoms with van der Waals surface area (Å²) < 4.78 is 0. The van der Waals surface area contributed by atoms with Crippen LogP contribution in [0.25, 0.3) is 0 Å². The van der Waals surface area contributed by atoms with Crippen LogP contribution in [-0.2, 0) is 0 Å². The maximum absolute atomic E-state index is 4.52. The fourth-order valence-electron chi connectivity index (χ4n) is 2.94. The first kappa shape index (κ1) is 11.7. The maximum Gasteiger partial charge on any atom is 0.109 e. The SMILES string of the molecule is c1csc(C(CC2CCCCC2)NC2CC2)n1. The average Bonchev–Trinajstić information content (AvgIpc) is 3.01. The van der Waals surface area contributed by atoms with Crippen LogP contribution in [0.15, 0.2) is 11.6 Å². The molecule has 1 aromatic rings. The number of thiazole rings is 1. The highest BCUT2D eigenvalue weighted by atomic mass is 32.1. The summed E-state index contributed by atoms with van der Waals surface area (Å²) in [5.74, 6) is 0.934. The first-order chi connectivity index (χ1) is 8.42. The third-order valence-electron chi connectivity index (χ3n) is 4.06. The molecule has 0 aliphatic heterocycles. The molecule has 1 aromatic heterocycles. The van der Waals surface area contributed by atoms with Gasteiger partial charge in [0.25, 0.3) is 0 Å². The van der Waals surface area contributed by atoms with Crippen LogP contribution >= 0.6 is 11.3 Å². The van der Waals surface area contributed by atoms with E-state index in [4.69, 9.17) is 0 Å². The second-order valence-corrected chi connectivity index (χ2v) is 6.53. The first-order valence-corrected chi connectivity index (χ1v) is 7.95. The van der Waals surface area contributed by atoms with Gasteiger partial charge in [0.1, 0.15) is 5.01 Å². The van der Waals surface area contributed by atoms with E-state index < -0.39 is 0 Å². The van der Waals surface area contributed by atoms with Gasteiger partial charge >= 0.3 is 0 Å². The van der Waals surface area contributed by atoms with Crippen LogP contribution < -0.4 is 5.32 Å². The number of rotatable bonds is 5. The van der Waals surface area contributed by atoms with E-state index in [0.717, 1.165) is 12.0 Å². The molecule has 0 amide bonds. The van der Waals surface area contributed by atoms with Crippen molar-refractivity contribution in [2.45, 2.75) is 63.5 Å². The van der Waals surface area contributed by atoms with Crippen LogP contribution in [0.1, 0.15) is 62.4 Å². The number of nitrogens with zero attached hydrogens (tertiary/aromatic N) is 1. The van der Waals surface area contributed by atoms with Crippen LogP contribution in [0.3, 0.4) is 0 Å². The number of hydrogen-bond donors (Lipinski definition) is 1. The third-order valence-corrected chi connectivity index (χ3v) is 4.95. The van der Waals surface area contributed by atoms with Crippen molar-refractivity contribution < 1.29 is 0 Å². The van der Waals surface area contributed by atoms with Gasteiger partial charge in [-0.3, -0.25) is 0 Å². The Labute approximate surface area is 108 Å². The Kier molecular flexibility index (Phi) is 3.77. The lowest BCUT2D eigenvalue weighted by Crippen LogP contribution is -2.26. The smallest absolute Gasteiger partial charge is 0.109 e. The molecule has 0 spiro atoms. The van der Waals surface area contributed by atoms with Crippen molar-refractivity contribution in [3.63, 3.8) is 0 Å². The highest BCUT2D eigenvalue weighted by Gasteiger charge is 2.28. The van der Waals surface area contributed by atoms with E-state index in [2.05, 4.69) is 15.7 Å². The summed E-state index contributed by atoms with van der Waals surface area (Å²) in [6.07, 6.45) is 13.2. The summed E-state index contributed by atoms with van der Waals surface area (Å²) in [4.78, 5) is 4.52. The Morgan fingerprint density at radius 2 is 2.06 bits per heavy atom. The summed E-state index contributed by atoms with van der Waals surface area (Å²) in [5, 5.41) is 7.21. The van der Waals surface area contributed by atoms with E-state index in [1.54, 1.807) is 0 Å². The van der Waals surface area contributed by atoms with Gasteiger partial charge in [0.2, 0.25) is 0 Å². The van der Waals surface area contributed by atoms with Gasteiger partial charge in [-0.05, 0) is 25.2 Å². The molecule has 2 fully saturated rings. The second kappa shape index (κ2) is 5.49. The topological polar surface area (TPSA) is 24.9 Å². The maximum atomic E-state index is 4.52. The van der Waals surface area contributed by atoms with E-state index in [9.17, 15) is 0 Å². The van der Waals surface area contributed by atoms with Gasteiger partial charge in [-0.15, -0.1) is 11.3 Å². The molecule has 0 saturated heterocycles. The van der Waals surface area contributed by atoms with Gasteiger partial charge < -0.3 is 5.32 Å². The van der Waals surface area contributed by atoms with Gasteiger partial charge in [0.05, 0.1) is 6.04 Å². The molecule has 3 heteroatoms. The largest absolute Gasteiger partial charge is 0.305 e. The first-order valence-electron chi connectivity index (χ1n) is 7.07. The minimum atomic E-state index is 0.533. The fraction of sp³-hybridized carbons (Fsp3) is 0.786. The Morgan fingerprint density at radius 3 is 2.71 bits per heavy atom. The number of hydrogen-bond acceptors (Lipinski definition) is 3. The predicted octanol–water partition coefficient (Wildman–Crippen LogP) is 3.91.